The number of nitrogens with one attached hydrogen (secondary N) is 2. The first-order valence-electron chi connectivity index (χ1n) is 6.84. The van der Waals surface area contributed by atoms with Crippen LogP contribution in [0.1, 0.15) is 20.8 Å². The van der Waals surface area contributed by atoms with Crippen LogP contribution in [0.5, 0.6) is 0 Å². The summed E-state index contributed by atoms with van der Waals surface area (Å²) < 4.78 is 26.7. The minimum atomic E-state index is -3.50. The lowest BCUT2D eigenvalue weighted by atomic mass is 10.0. The van der Waals surface area contributed by atoms with E-state index in [1.165, 1.54) is 23.4 Å². The van der Waals surface area contributed by atoms with Gasteiger partial charge in [-0.2, -0.15) is 4.31 Å². The summed E-state index contributed by atoms with van der Waals surface area (Å²) in [7, 11) is -3.50. The molecule has 0 saturated carbocycles. The lowest BCUT2D eigenvalue weighted by Crippen LogP contribution is -2.58. The molecule has 1 saturated heterocycles. The summed E-state index contributed by atoms with van der Waals surface area (Å²) in [5.74, 6) is -0.186. The van der Waals surface area contributed by atoms with Crippen LogP contribution in [-0.2, 0) is 14.8 Å². The fraction of sp³-hybridized carbons (Fsp3) is 0.500. The predicted octanol–water partition coefficient (Wildman–Crippen LogP) is 1.02. The fourth-order valence-corrected chi connectivity index (χ4v) is 3.97. The third-order valence-corrected chi connectivity index (χ3v) is 5.21. The molecule has 1 aliphatic heterocycles. The number of carbonyl (C=O) groups is 1. The van der Waals surface area contributed by atoms with Gasteiger partial charge < -0.3 is 10.6 Å². The van der Waals surface area contributed by atoms with Crippen molar-refractivity contribution >= 4 is 21.6 Å². The Kier molecular flexibility index (Phi) is 4.36. The predicted molar refractivity (Wildman–Crippen MR) is 81.6 cm³/mol. The molecule has 21 heavy (non-hydrogen) atoms. The molecular formula is C14H21N3O3S. The summed E-state index contributed by atoms with van der Waals surface area (Å²) in [5, 5.41) is 5.91. The maximum absolute atomic E-state index is 12.6. The van der Waals surface area contributed by atoms with E-state index in [9.17, 15) is 13.2 Å². The molecule has 0 unspecified atom stereocenters. The van der Waals surface area contributed by atoms with Crippen LogP contribution in [0.15, 0.2) is 29.2 Å². The van der Waals surface area contributed by atoms with Crippen molar-refractivity contribution in [2.24, 2.45) is 0 Å². The largest absolute Gasteiger partial charge is 0.326 e. The Bertz CT molecular complexity index is 623. The number of rotatable bonds is 3. The molecule has 0 aliphatic carbocycles. The first-order valence-corrected chi connectivity index (χ1v) is 8.28. The maximum Gasteiger partial charge on any atom is 0.243 e. The molecule has 1 amide bonds. The summed E-state index contributed by atoms with van der Waals surface area (Å²) in [6, 6.07) is 6.24. The Morgan fingerprint density at radius 2 is 1.90 bits per heavy atom. The monoisotopic (exact) mass is 311 g/mol. The van der Waals surface area contributed by atoms with Gasteiger partial charge in [0.15, 0.2) is 0 Å². The summed E-state index contributed by atoms with van der Waals surface area (Å²) in [6.07, 6.45) is 0. The summed E-state index contributed by atoms with van der Waals surface area (Å²) in [5.41, 5.74) is 0.351. The van der Waals surface area contributed by atoms with Crippen LogP contribution in [0.4, 0.5) is 5.69 Å². The molecule has 0 bridgehead atoms. The van der Waals surface area contributed by atoms with E-state index in [-0.39, 0.29) is 16.3 Å². The van der Waals surface area contributed by atoms with E-state index >= 15 is 0 Å². The van der Waals surface area contributed by atoms with Crippen molar-refractivity contribution in [2.45, 2.75) is 31.2 Å². The molecule has 1 fully saturated rings. The van der Waals surface area contributed by atoms with Crippen molar-refractivity contribution < 1.29 is 13.2 Å². The first-order chi connectivity index (χ1) is 9.71. The molecule has 0 radical (unpaired) electrons. The molecule has 1 heterocycles. The van der Waals surface area contributed by atoms with Gasteiger partial charge in [0.1, 0.15) is 0 Å². The van der Waals surface area contributed by atoms with E-state index in [1.54, 1.807) is 12.1 Å². The topological polar surface area (TPSA) is 78.5 Å². The van der Waals surface area contributed by atoms with Gasteiger partial charge in [-0.1, -0.05) is 0 Å². The highest BCUT2D eigenvalue weighted by atomic mass is 32.2. The molecule has 6 nitrogen and oxygen atoms in total. The Morgan fingerprint density at radius 1 is 1.29 bits per heavy atom. The molecule has 116 valence electrons. The van der Waals surface area contributed by atoms with Gasteiger partial charge in [-0.05, 0) is 38.1 Å². The van der Waals surface area contributed by atoms with Crippen LogP contribution in [0.25, 0.3) is 0 Å². The van der Waals surface area contributed by atoms with Crippen molar-refractivity contribution in [3.63, 3.8) is 0 Å². The van der Waals surface area contributed by atoms with Crippen molar-refractivity contribution in [3.05, 3.63) is 24.3 Å². The van der Waals surface area contributed by atoms with Gasteiger partial charge in [0.05, 0.1) is 4.90 Å². The van der Waals surface area contributed by atoms with Crippen LogP contribution in [0.2, 0.25) is 0 Å². The lowest BCUT2D eigenvalue weighted by molar-refractivity contribution is -0.114. The van der Waals surface area contributed by atoms with Crippen LogP contribution in [0, 0.1) is 0 Å². The van der Waals surface area contributed by atoms with Gasteiger partial charge in [0.2, 0.25) is 15.9 Å². The van der Waals surface area contributed by atoms with E-state index in [0.717, 1.165) is 0 Å². The van der Waals surface area contributed by atoms with Crippen LogP contribution in [0.3, 0.4) is 0 Å². The number of benzene rings is 1. The average Bonchev–Trinajstić information content (AvgIpc) is 2.37. The molecule has 0 aromatic heterocycles. The average molecular weight is 311 g/mol. The number of carbonyl (C=O) groups excluding carboxylic acids is 1. The zero-order chi connectivity index (χ0) is 15.7. The number of hydrogen-bond acceptors (Lipinski definition) is 4. The number of amides is 1. The van der Waals surface area contributed by atoms with Gasteiger partial charge in [-0.15, -0.1) is 0 Å². The zero-order valence-electron chi connectivity index (χ0n) is 12.5. The normalized spacial score (nSPS) is 19.2. The van der Waals surface area contributed by atoms with Gasteiger partial charge in [-0.3, -0.25) is 4.79 Å². The van der Waals surface area contributed by atoms with E-state index in [2.05, 4.69) is 10.6 Å². The van der Waals surface area contributed by atoms with Crippen molar-refractivity contribution in [3.8, 4) is 0 Å². The quantitative estimate of drug-likeness (QED) is 0.873. The summed E-state index contributed by atoms with van der Waals surface area (Å²) >= 11 is 0. The number of sulfonamides is 1. The third-order valence-electron chi connectivity index (χ3n) is 3.35. The van der Waals surface area contributed by atoms with Crippen molar-refractivity contribution in [1.82, 2.24) is 9.62 Å². The molecule has 1 aliphatic rings. The minimum absolute atomic E-state index is 0.186. The standard InChI is InChI=1S/C14H21N3O3S/c1-11(18)16-12-4-6-13(7-5-12)21(19,20)17-9-8-15-14(2,3)10-17/h4-7,15H,8-10H2,1-3H3,(H,16,18). The Labute approximate surface area is 125 Å². The number of anilines is 1. The Hall–Kier alpha value is -1.44. The second-order valence-electron chi connectivity index (χ2n) is 5.85. The number of hydrogen-bond donors (Lipinski definition) is 2. The lowest BCUT2D eigenvalue weighted by Gasteiger charge is -2.38. The highest BCUT2D eigenvalue weighted by molar-refractivity contribution is 7.89. The zero-order valence-corrected chi connectivity index (χ0v) is 13.3. The van der Waals surface area contributed by atoms with E-state index in [1.807, 2.05) is 13.8 Å². The number of piperazine rings is 1. The van der Waals surface area contributed by atoms with Crippen LogP contribution >= 0.6 is 0 Å². The SMILES string of the molecule is CC(=O)Nc1ccc(S(=O)(=O)N2CCNC(C)(C)C2)cc1. The van der Waals surface area contributed by atoms with Crippen LogP contribution in [-0.4, -0.2) is 43.8 Å². The van der Waals surface area contributed by atoms with Crippen LogP contribution < -0.4 is 10.6 Å². The third kappa shape index (κ3) is 3.81. The second kappa shape index (κ2) is 5.75. The maximum atomic E-state index is 12.6. The summed E-state index contributed by atoms with van der Waals surface area (Å²) in [6.45, 7) is 6.90. The highest BCUT2D eigenvalue weighted by Gasteiger charge is 2.33. The molecule has 0 spiro atoms. The first kappa shape index (κ1) is 15.9. The van der Waals surface area contributed by atoms with Crippen molar-refractivity contribution in [1.29, 1.82) is 0 Å². The van der Waals surface area contributed by atoms with Crippen molar-refractivity contribution in [2.75, 3.05) is 25.0 Å². The minimum Gasteiger partial charge on any atom is -0.326 e. The fourth-order valence-electron chi connectivity index (χ4n) is 2.36. The Morgan fingerprint density at radius 3 is 2.43 bits per heavy atom. The van der Waals surface area contributed by atoms with E-state index in [4.69, 9.17) is 0 Å². The van der Waals surface area contributed by atoms with Gasteiger partial charge in [-0.25, -0.2) is 8.42 Å². The van der Waals surface area contributed by atoms with Gasteiger partial charge >= 0.3 is 0 Å². The molecule has 2 N–H and O–H groups in total. The molecular weight excluding hydrogens is 290 g/mol. The second-order valence-corrected chi connectivity index (χ2v) is 7.79. The Balaban J connectivity index is 2.21. The number of nitrogens with zero attached hydrogens (tertiary/aromatic N) is 1. The van der Waals surface area contributed by atoms with E-state index in [0.29, 0.717) is 25.3 Å². The molecule has 0 atom stereocenters. The molecule has 7 heteroatoms. The van der Waals surface area contributed by atoms with Gasteiger partial charge in [0.25, 0.3) is 0 Å². The summed E-state index contributed by atoms with van der Waals surface area (Å²) in [4.78, 5) is 11.2. The van der Waals surface area contributed by atoms with E-state index < -0.39 is 10.0 Å². The highest BCUT2D eigenvalue weighted by Crippen LogP contribution is 2.22. The molecule has 1 aromatic rings. The van der Waals surface area contributed by atoms with Gasteiger partial charge in [0, 0.05) is 37.8 Å². The smallest absolute Gasteiger partial charge is 0.243 e. The molecule has 1 aromatic carbocycles. The molecule has 2 rings (SSSR count).